The molecule has 0 aliphatic carbocycles. The first kappa shape index (κ1) is 12.3. The van der Waals surface area contributed by atoms with E-state index in [4.69, 9.17) is 5.11 Å². The standard InChI is InChI=1S/C12H10N2O3S/c15-11-2-1-7-13-14(11)8-10-4-3-9(18-10)5-6-12(16)17/h1-7H,8H2,(H,16,17)/b6-5+. The molecule has 0 spiro atoms. The monoisotopic (exact) mass is 262 g/mol. The highest BCUT2D eigenvalue weighted by Gasteiger charge is 2.01. The highest BCUT2D eigenvalue weighted by atomic mass is 32.1. The first-order valence-corrected chi connectivity index (χ1v) is 5.98. The second kappa shape index (κ2) is 5.42. The van der Waals surface area contributed by atoms with Crippen LogP contribution in [-0.4, -0.2) is 20.9 Å². The van der Waals surface area contributed by atoms with E-state index in [1.165, 1.54) is 28.2 Å². The minimum Gasteiger partial charge on any atom is -0.478 e. The maximum absolute atomic E-state index is 11.5. The van der Waals surface area contributed by atoms with E-state index in [9.17, 15) is 9.59 Å². The molecule has 2 rings (SSSR count). The van der Waals surface area contributed by atoms with Crippen molar-refractivity contribution in [1.82, 2.24) is 9.78 Å². The number of thiophene rings is 1. The number of hydrogen-bond donors (Lipinski definition) is 1. The molecule has 0 bridgehead atoms. The van der Waals surface area contributed by atoms with E-state index in [0.29, 0.717) is 6.54 Å². The van der Waals surface area contributed by atoms with Gasteiger partial charge in [0.1, 0.15) is 0 Å². The Morgan fingerprint density at radius 1 is 1.44 bits per heavy atom. The van der Waals surface area contributed by atoms with E-state index in [0.717, 1.165) is 15.8 Å². The number of hydrogen-bond acceptors (Lipinski definition) is 4. The first-order chi connectivity index (χ1) is 8.65. The molecule has 0 saturated heterocycles. The molecule has 5 nitrogen and oxygen atoms in total. The predicted octanol–water partition coefficient (Wildman–Crippen LogP) is 1.45. The zero-order chi connectivity index (χ0) is 13.0. The van der Waals surface area contributed by atoms with Gasteiger partial charge in [-0.25, -0.2) is 9.48 Å². The Morgan fingerprint density at radius 2 is 2.28 bits per heavy atom. The van der Waals surface area contributed by atoms with Crippen LogP contribution in [0.4, 0.5) is 0 Å². The summed E-state index contributed by atoms with van der Waals surface area (Å²) in [5.41, 5.74) is -0.159. The van der Waals surface area contributed by atoms with Gasteiger partial charge in [0.25, 0.3) is 5.56 Å². The van der Waals surface area contributed by atoms with Crippen LogP contribution in [0.5, 0.6) is 0 Å². The lowest BCUT2D eigenvalue weighted by molar-refractivity contribution is -0.131. The van der Waals surface area contributed by atoms with Gasteiger partial charge in [-0.3, -0.25) is 4.79 Å². The van der Waals surface area contributed by atoms with Crippen LogP contribution >= 0.6 is 11.3 Å². The number of nitrogens with zero attached hydrogens (tertiary/aromatic N) is 2. The molecule has 0 amide bonds. The van der Waals surface area contributed by atoms with Crippen molar-refractivity contribution in [3.63, 3.8) is 0 Å². The Balaban J connectivity index is 2.14. The lowest BCUT2D eigenvalue weighted by Gasteiger charge is -1.99. The van der Waals surface area contributed by atoms with Crippen molar-refractivity contribution in [2.75, 3.05) is 0 Å². The summed E-state index contributed by atoms with van der Waals surface area (Å²) >= 11 is 1.43. The molecule has 18 heavy (non-hydrogen) atoms. The largest absolute Gasteiger partial charge is 0.478 e. The molecular formula is C12H10N2O3S. The lowest BCUT2D eigenvalue weighted by atomic mass is 10.4. The van der Waals surface area contributed by atoms with Gasteiger partial charge < -0.3 is 5.11 Å². The third kappa shape index (κ3) is 3.14. The van der Waals surface area contributed by atoms with Gasteiger partial charge in [0.05, 0.1) is 6.54 Å². The second-order valence-corrected chi connectivity index (χ2v) is 4.70. The number of carboxylic acid groups (broad SMARTS) is 1. The molecule has 0 radical (unpaired) electrons. The molecule has 0 fully saturated rings. The van der Waals surface area contributed by atoms with E-state index in [-0.39, 0.29) is 5.56 Å². The summed E-state index contributed by atoms with van der Waals surface area (Å²) in [5, 5.41) is 12.5. The van der Waals surface area contributed by atoms with Crippen LogP contribution in [0.2, 0.25) is 0 Å². The van der Waals surface area contributed by atoms with Gasteiger partial charge in [-0.05, 0) is 24.3 Å². The van der Waals surface area contributed by atoms with Gasteiger partial charge >= 0.3 is 5.97 Å². The predicted molar refractivity (Wildman–Crippen MR) is 68.6 cm³/mol. The van der Waals surface area contributed by atoms with E-state index < -0.39 is 5.97 Å². The molecular weight excluding hydrogens is 252 g/mol. The minimum absolute atomic E-state index is 0.159. The zero-order valence-corrected chi connectivity index (χ0v) is 10.1. The zero-order valence-electron chi connectivity index (χ0n) is 9.31. The number of aromatic nitrogens is 2. The molecule has 0 aliphatic rings. The normalized spacial score (nSPS) is 10.9. The molecule has 92 valence electrons. The van der Waals surface area contributed by atoms with Crippen molar-refractivity contribution >= 4 is 23.4 Å². The van der Waals surface area contributed by atoms with Gasteiger partial charge in [-0.1, -0.05) is 0 Å². The summed E-state index contributed by atoms with van der Waals surface area (Å²) < 4.78 is 1.36. The summed E-state index contributed by atoms with van der Waals surface area (Å²) in [6.45, 7) is 0.394. The summed E-state index contributed by atoms with van der Waals surface area (Å²) in [5.74, 6) is -0.981. The van der Waals surface area contributed by atoms with Crippen molar-refractivity contribution in [1.29, 1.82) is 0 Å². The van der Waals surface area contributed by atoms with Crippen molar-refractivity contribution < 1.29 is 9.90 Å². The molecule has 2 aromatic heterocycles. The fraction of sp³-hybridized carbons (Fsp3) is 0.0833. The molecule has 0 aromatic carbocycles. The smallest absolute Gasteiger partial charge is 0.328 e. The lowest BCUT2D eigenvalue weighted by Crippen LogP contribution is -2.21. The fourth-order valence-corrected chi connectivity index (χ4v) is 2.27. The Morgan fingerprint density at radius 3 is 3.00 bits per heavy atom. The van der Waals surface area contributed by atoms with Gasteiger partial charge in [-0.15, -0.1) is 11.3 Å². The van der Waals surface area contributed by atoms with Crippen molar-refractivity contribution in [2.45, 2.75) is 6.54 Å². The van der Waals surface area contributed by atoms with E-state index in [2.05, 4.69) is 5.10 Å². The number of rotatable bonds is 4. The Bertz CT molecular complexity index is 643. The molecule has 0 atom stereocenters. The van der Waals surface area contributed by atoms with Gasteiger partial charge in [0.2, 0.25) is 0 Å². The number of aliphatic carboxylic acids is 1. The first-order valence-electron chi connectivity index (χ1n) is 5.17. The summed E-state index contributed by atoms with van der Waals surface area (Å²) in [6.07, 6.45) is 4.17. The fourth-order valence-electron chi connectivity index (χ4n) is 1.38. The second-order valence-electron chi connectivity index (χ2n) is 3.50. The third-order valence-corrected chi connectivity index (χ3v) is 3.20. The Labute approximate surface area is 107 Å². The van der Waals surface area contributed by atoms with Gasteiger partial charge in [0.15, 0.2) is 0 Å². The van der Waals surface area contributed by atoms with Crippen LogP contribution < -0.4 is 5.56 Å². The van der Waals surface area contributed by atoms with Crippen LogP contribution in [0.25, 0.3) is 6.08 Å². The van der Waals surface area contributed by atoms with Crippen LogP contribution in [0.15, 0.2) is 41.3 Å². The highest BCUT2D eigenvalue weighted by Crippen LogP contribution is 2.18. The molecule has 0 saturated carbocycles. The number of carboxylic acids is 1. The summed E-state index contributed by atoms with van der Waals surface area (Å²) in [7, 11) is 0. The van der Waals surface area contributed by atoms with Gasteiger partial charge in [-0.2, -0.15) is 5.10 Å². The van der Waals surface area contributed by atoms with Crippen LogP contribution in [0.3, 0.4) is 0 Å². The quantitative estimate of drug-likeness (QED) is 0.846. The van der Waals surface area contributed by atoms with E-state index >= 15 is 0 Å². The van der Waals surface area contributed by atoms with Crippen LogP contribution in [0.1, 0.15) is 9.75 Å². The molecule has 2 aromatic rings. The third-order valence-electron chi connectivity index (χ3n) is 2.16. The Kier molecular flexibility index (Phi) is 3.69. The van der Waals surface area contributed by atoms with Crippen molar-refractivity contribution in [2.24, 2.45) is 0 Å². The van der Waals surface area contributed by atoms with Gasteiger partial charge in [0, 0.05) is 28.1 Å². The molecule has 0 unspecified atom stereocenters. The number of carbonyl (C=O) groups is 1. The molecule has 6 heteroatoms. The average Bonchev–Trinajstić information content (AvgIpc) is 2.77. The maximum Gasteiger partial charge on any atom is 0.328 e. The van der Waals surface area contributed by atoms with Crippen molar-refractivity contribution in [3.05, 3.63) is 56.6 Å². The average molecular weight is 262 g/mol. The maximum atomic E-state index is 11.5. The van der Waals surface area contributed by atoms with Crippen LogP contribution in [0, 0.1) is 0 Å². The Hall–Kier alpha value is -2.21. The topological polar surface area (TPSA) is 72.2 Å². The van der Waals surface area contributed by atoms with E-state index in [1.807, 2.05) is 12.1 Å². The molecule has 0 aliphatic heterocycles. The minimum atomic E-state index is -0.981. The van der Waals surface area contributed by atoms with Crippen LogP contribution in [-0.2, 0) is 11.3 Å². The molecule has 2 heterocycles. The van der Waals surface area contributed by atoms with Crippen molar-refractivity contribution in [3.8, 4) is 0 Å². The summed E-state index contributed by atoms with van der Waals surface area (Å²) in [4.78, 5) is 23.6. The van der Waals surface area contributed by atoms with E-state index in [1.54, 1.807) is 12.3 Å². The highest BCUT2D eigenvalue weighted by molar-refractivity contribution is 7.12. The summed E-state index contributed by atoms with van der Waals surface area (Å²) in [6, 6.07) is 6.71. The SMILES string of the molecule is O=C(O)/C=C/c1ccc(Cn2ncccc2=O)s1. The molecule has 1 N–H and O–H groups in total.